The number of rotatable bonds is 4. The minimum Gasteiger partial charge on any atom is -0.321 e. The summed E-state index contributed by atoms with van der Waals surface area (Å²) in [6, 6.07) is 23.1. The van der Waals surface area contributed by atoms with Crippen molar-refractivity contribution in [3.63, 3.8) is 0 Å². The number of amides is 1. The van der Waals surface area contributed by atoms with Gasteiger partial charge in [-0.1, -0.05) is 58.4 Å². The minimum absolute atomic E-state index is 0.0739. The molecule has 0 unspecified atom stereocenters. The second-order valence-electron chi connectivity index (χ2n) is 6.80. The molecule has 0 saturated heterocycles. The van der Waals surface area contributed by atoms with Gasteiger partial charge in [-0.05, 0) is 36.4 Å². The van der Waals surface area contributed by atoms with Crippen LogP contribution in [0.2, 0.25) is 0 Å². The maximum Gasteiger partial charge on any atom is 0.256 e. The van der Waals surface area contributed by atoms with E-state index >= 15 is 0 Å². The van der Waals surface area contributed by atoms with Gasteiger partial charge < -0.3 is 5.32 Å². The van der Waals surface area contributed by atoms with Gasteiger partial charge in [0.2, 0.25) is 0 Å². The van der Waals surface area contributed by atoms with Crippen LogP contribution in [0.3, 0.4) is 0 Å². The van der Waals surface area contributed by atoms with Gasteiger partial charge in [0.05, 0.1) is 27.4 Å². The quantitative estimate of drug-likeness (QED) is 0.428. The lowest BCUT2D eigenvalue weighted by Crippen LogP contribution is -2.15. The molecule has 0 aliphatic carbocycles. The molecule has 0 spiro atoms. The summed E-state index contributed by atoms with van der Waals surface area (Å²) in [5, 5.41) is 3.45. The monoisotopic (exact) mass is 480 g/mol. The fourth-order valence-electron chi connectivity index (χ4n) is 3.21. The number of benzene rings is 3. The molecule has 0 radical (unpaired) electrons. The molecule has 30 heavy (non-hydrogen) atoms. The van der Waals surface area contributed by atoms with Crippen molar-refractivity contribution in [2.75, 3.05) is 11.6 Å². The highest BCUT2D eigenvalue weighted by atomic mass is 79.9. The largest absolute Gasteiger partial charge is 0.321 e. The number of anilines is 1. The Morgan fingerprint density at radius 3 is 2.33 bits per heavy atom. The molecule has 0 aliphatic rings. The molecule has 150 valence electrons. The Hall–Kier alpha value is -3.03. The van der Waals surface area contributed by atoms with Crippen LogP contribution in [0.5, 0.6) is 0 Å². The summed E-state index contributed by atoms with van der Waals surface area (Å²) in [7, 11) is -3.49. The first-order valence-electron chi connectivity index (χ1n) is 9.09. The Morgan fingerprint density at radius 2 is 1.60 bits per heavy atom. The van der Waals surface area contributed by atoms with Gasteiger partial charge in [0.1, 0.15) is 0 Å². The number of fused-ring (bicyclic) bond motifs is 1. The van der Waals surface area contributed by atoms with Crippen LogP contribution >= 0.6 is 15.9 Å². The number of carbonyl (C=O) groups excluding carboxylic acids is 1. The van der Waals surface area contributed by atoms with E-state index in [0.717, 1.165) is 16.3 Å². The van der Waals surface area contributed by atoms with Gasteiger partial charge in [-0.3, -0.25) is 4.79 Å². The molecule has 3 aromatic carbocycles. The first-order valence-corrected chi connectivity index (χ1v) is 11.8. The molecular formula is C23H17BrN2O3S. The molecule has 7 heteroatoms. The Morgan fingerprint density at radius 1 is 0.933 bits per heavy atom. The van der Waals surface area contributed by atoms with Crippen molar-refractivity contribution in [2.24, 2.45) is 0 Å². The number of halogens is 1. The number of hydrogen-bond donors (Lipinski definition) is 1. The van der Waals surface area contributed by atoms with E-state index in [0.29, 0.717) is 22.2 Å². The standard InChI is InChI=1S/C23H17BrN2O3S/c1-30(28,29)22-9-5-4-8-20(22)26-23(27)18-14-21(15-10-12-16(24)13-11-15)25-19-7-3-2-6-17(18)19/h2-14H,1H3,(H,26,27). The summed E-state index contributed by atoms with van der Waals surface area (Å²) in [6.07, 6.45) is 1.12. The summed E-state index contributed by atoms with van der Waals surface area (Å²) < 4.78 is 25.1. The Labute approximate surface area is 182 Å². The fourth-order valence-corrected chi connectivity index (χ4v) is 4.32. The number of carbonyl (C=O) groups is 1. The topological polar surface area (TPSA) is 76.1 Å². The number of para-hydroxylation sites is 2. The summed E-state index contributed by atoms with van der Waals surface area (Å²) in [4.78, 5) is 18.0. The van der Waals surface area contributed by atoms with Gasteiger partial charge in [0.25, 0.3) is 5.91 Å². The van der Waals surface area contributed by atoms with Crippen molar-refractivity contribution < 1.29 is 13.2 Å². The predicted octanol–water partition coefficient (Wildman–Crippen LogP) is 5.32. The zero-order valence-electron chi connectivity index (χ0n) is 16.0. The third kappa shape index (κ3) is 4.13. The van der Waals surface area contributed by atoms with E-state index in [9.17, 15) is 13.2 Å². The molecule has 1 N–H and O–H groups in total. The summed E-state index contributed by atoms with van der Waals surface area (Å²) in [5.41, 5.74) is 2.87. The molecular weight excluding hydrogens is 464 g/mol. The van der Waals surface area contributed by atoms with Crippen LogP contribution in [0.25, 0.3) is 22.2 Å². The van der Waals surface area contributed by atoms with Gasteiger partial charge in [0, 0.05) is 21.7 Å². The SMILES string of the molecule is CS(=O)(=O)c1ccccc1NC(=O)c1cc(-c2ccc(Br)cc2)nc2ccccc12. The second-order valence-corrected chi connectivity index (χ2v) is 9.70. The van der Waals surface area contributed by atoms with Crippen LogP contribution in [0, 0.1) is 0 Å². The average Bonchev–Trinajstić information content (AvgIpc) is 2.73. The third-order valence-corrected chi connectivity index (χ3v) is 6.32. The van der Waals surface area contributed by atoms with Crippen molar-refractivity contribution in [1.29, 1.82) is 0 Å². The number of sulfone groups is 1. The summed E-state index contributed by atoms with van der Waals surface area (Å²) >= 11 is 3.42. The Balaban J connectivity index is 1.82. The lowest BCUT2D eigenvalue weighted by Gasteiger charge is -2.13. The van der Waals surface area contributed by atoms with E-state index < -0.39 is 15.7 Å². The van der Waals surface area contributed by atoms with Crippen molar-refractivity contribution >= 4 is 48.3 Å². The Kier molecular flexibility index (Phi) is 5.40. The summed E-state index contributed by atoms with van der Waals surface area (Å²) in [6.45, 7) is 0. The van der Waals surface area contributed by atoms with Gasteiger partial charge in [-0.25, -0.2) is 13.4 Å². The Bertz CT molecular complexity index is 1370. The normalized spacial score (nSPS) is 11.4. The number of nitrogens with one attached hydrogen (secondary N) is 1. The summed E-state index contributed by atoms with van der Waals surface area (Å²) in [5.74, 6) is -0.400. The molecule has 5 nitrogen and oxygen atoms in total. The molecule has 0 saturated carbocycles. The van der Waals surface area contributed by atoms with E-state index in [4.69, 9.17) is 4.98 Å². The first kappa shape index (κ1) is 20.3. The highest BCUT2D eigenvalue weighted by Crippen LogP contribution is 2.28. The molecule has 1 heterocycles. The van der Waals surface area contributed by atoms with Crippen molar-refractivity contribution in [3.05, 3.63) is 88.9 Å². The van der Waals surface area contributed by atoms with E-state index in [-0.39, 0.29) is 10.6 Å². The zero-order valence-corrected chi connectivity index (χ0v) is 18.4. The smallest absolute Gasteiger partial charge is 0.256 e. The minimum atomic E-state index is -3.49. The molecule has 0 bridgehead atoms. The van der Waals surface area contributed by atoms with E-state index in [1.807, 2.05) is 48.5 Å². The molecule has 1 aromatic heterocycles. The van der Waals surface area contributed by atoms with Gasteiger partial charge in [-0.15, -0.1) is 0 Å². The lowest BCUT2D eigenvalue weighted by atomic mass is 10.0. The van der Waals surface area contributed by atoms with Gasteiger partial charge >= 0.3 is 0 Å². The highest BCUT2D eigenvalue weighted by Gasteiger charge is 2.18. The molecule has 0 aliphatic heterocycles. The predicted molar refractivity (Wildman–Crippen MR) is 122 cm³/mol. The molecule has 0 atom stereocenters. The lowest BCUT2D eigenvalue weighted by molar-refractivity contribution is 0.102. The van der Waals surface area contributed by atoms with Crippen molar-refractivity contribution in [2.45, 2.75) is 4.90 Å². The van der Waals surface area contributed by atoms with Crippen molar-refractivity contribution in [3.8, 4) is 11.3 Å². The van der Waals surface area contributed by atoms with E-state index in [1.54, 1.807) is 24.3 Å². The number of hydrogen-bond acceptors (Lipinski definition) is 4. The second kappa shape index (κ2) is 8.01. The number of aromatic nitrogens is 1. The maximum atomic E-state index is 13.2. The first-order chi connectivity index (χ1) is 14.3. The van der Waals surface area contributed by atoms with E-state index in [2.05, 4.69) is 21.2 Å². The van der Waals surface area contributed by atoms with Crippen LogP contribution in [-0.4, -0.2) is 25.6 Å². The molecule has 4 aromatic rings. The molecule has 1 amide bonds. The fraction of sp³-hybridized carbons (Fsp3) is 0.0435. The van der Waals surface area contributed by atoms with Gasteiger partial charge in [0.15, 0.2) is 9.84 Å². The molecule has 4 rings (SSSR count). The number of pyridine rings is 1. The van der Waals surface area contributed by atoms with E-state index in [1.165, 1.54) is 6.07 Å². The van der Waals surface area contributed by atoms with Gasteiger partial charge in [-0.2, -0.15) is 0 Å². The maximum absolute atomic E-state index is 13.2. The third-order valence-electron chi connectivity index (χ3n) is 4.64. The molecule has 0 fully saturated rings. The van der Waals surface area contributed by atoms with Crippen LogP contribution < -0.4 is 5.32 Å². The average molecular weight is 481 g/mol. The highest BCUT2D eigenvalue weighted by molar-refractivity contribution is 9.10. The van der Waals surface area contributed by atoms with Crippen LogP contribution in [0.1, 0.15) is 10.4 Å². The van der Waals surface area contributed by atoms with Crippen LogP contribution in [0.4, 0.5) is 5.69 Å². The van der Waals surface area contributed by atoms with Crippen molar-refractivity contribution in [1.82, 2.24) is 4.98 Å². The zero-order chi connectivity index (χ0) is 21.3. The number of nitrogens with zero attached hydrogens (tertiary/aromatic N) is 1. The van der Waals surface area contributed by atoms with Crippen LogP contribution in [0.15, 0.2) is 88.2 Å². The van der Waals surface area contributed by atoms with Crippen LogP contribution in [-0.2, 0) is 9.84 Å².